The van der Waals surface area contributed by atoms with Gasteiger partial charge in [0.25, 0.3) is 0 Å². The topological polar surface area (TPSA) is 117 Å². The van der Waals surface area contributed by atoms with E-state index in [2.05, 4.69) is 10.6 Å². The van der Waals surface area contributed by atoms with Crippen LogP contribution in [0.3, 0.4) is 0 Å². The number of hydrogen-bond donors (Lipinski definition) is 4. The van der Waals surface area contributed by atoms with Gasteiger partial charge in [0.05, 0.1) is 13.2 Å². The minimum absolute atomic E-state index is 0.301. The van der Waals surface area contributed by atoms with Gasteiger partial charge >= 0.3 is 11.9 Å². The van der Waals surface area contributed by atoms with Crippen LogP contribution in [0.25, 0.3) is 0 Å². The smallest absolute Gasteiger partial charge is 0.418 e. The molecule has 0 aromatic carbocycles. The third-order valence-corrected chi connectivity index (χ3v) is 3.15. The minimum Gasteiger partial charge on any atom is -0.445 e. The monoisotopic (exact) mass is 260 g/mol. The molecule has 2 heterocycles. The lowest BCUT2D eigenvalue weighted by molar-refractivity contribution is -0.197. The molecule has 2 aliphatic heterocycles. The number of aliphatic hydroxyl groups excluding tert-OH is 2. The van der Waals surface area contributed by atoms with E-state index in [1.807, 2.05) is 0 Å². The lowest BCUT2D eigenvalue weighted by Crippen LogP contribution is -2.66. The molecule has 2 saturated heterocycles. The molecule has 18 heavy (non-hydrogen) atoms. The summed E-state index contributed by atoms with van der Waals surface area (Å²) < 4.78 is 9.83. The fraction of sp³-hybridized carbons (Fsp3) is 0.800. The van der Waals surface area contributed by atoms with Crippen LogP contribution in [0.5, 0.6) is 0 Å². The van der Waals surface area contributed by atoms with Crippen LogP contribution in [-0.2, 0) is 19.1 Å². The maximum absolute atomic E-state index is 11.5. The molecule has 4 N–H and O–H groups in total. The van der Waals surface area contributed by atoms with Crippen molar-refractivity contribution in [3.63, 3.8) is 0 Å². The Morgan fingerprint density at radius 3 is 1.39 bits per heavy atom. The van der Waals surface area contributed by atoms with Crippen LogP contribution in [0.4, 0.5) is 0 Å². The first-order valence-corrected chi connectivity index (χ1v) is 5.64. The van der Waals surface area contributed by atoms with Gasteiger partial charge in [0.15, 0.2) is 11.2 Å². The molecule has 0 atom stereocenters. The summed E-state index contributed by atoms with van der Waals surface area (Å²) >= 11 is 0. The number of rotatable bonds is 4. The summed E-state index contributed by atoms with van der Waals surface area (Å²) in [6, 6.07) is 0. The maximum atomic E-state index is 11.5. The van der Waals surface area contributed by atoms with Crippen molar-refractivity contribution in [1.29, 1.82) is 0 Å². The Balaban J connectivity index is 1.87. The van der Waals surface area contributed by atoms with Gasteiger partial charge in [-0.3, -0.25) is 0 Å². The molecule has 2 aliphatic rings. The van der Waals surface area contributed by atoms with Crippen LogP contribution in [-0.4, -0.2) is 72.7 Å². The first-order valence-electron chi connectivity index (χ1n) is 5.64. The molecular weight excluding hydrogens is 244 g/mol. The van der Waals surface area contributed by atoms with Gasteiger partial charge in [0.1, 0.15) is 0 Å². The van der Waals surface area contributed by atoms with Crippen molar-refractivity contribution in [2.45, 2.75) is 11.2 Å². The second-order valence-electron chi connectivity index (χ2n) is 4.67. The lowest BCUT2D eigenvalue weighted by Gasteiger charge is -2.41. The number of nitrogens with one attached hydrogen (secondary N) is 2. The van der Waals surface area contributed by atoms with Crippen LogP contribution in [0, 0.1) is 0 Å². The van der Waals surface area contributed by atoms with E-state index in [9.17, 15) is 9.59 Å². The van der Waals surface area contributed by atoms with Crippen LogP contribution in [0.1, 0.15) is 0 Å². The van der Waals surface area contributed by atoms with E-state index in [-0.39, 0.29) is 13.2 Å². The Hall–Kier alpha value is -1.22. The minimum atomic E-state index is -1.15. The van der Waals surface area contributed by atoms with Gasteiger partial charge in [-0.25, -0.2) is 9.59 Å². The van der Waals surface area contributed by atoms with Gasteiger partial charge in [0, 0.05) is 26.2 Å². The van der Waals surface area contributed by atoms with Gasteiger partial charge in [-0.05, 0) is 0 Å². The zero-order valence-corrected chi connectivity index (χ0v) is 9.77. The second kappa shape index (κ2) is 4.81. The van der Waals surface area contributed by atoms with E-state index in [4.69, 9.17) is 19.7 Å². The summed E-state index contributed by atoms with van der Waals surface area (Å²) in [5.41, 5.74) is -2.05. The zero-order valence-electron chi connectivity index (χ0n) is 9.77. The average molecular weight is 260 g/mol. The molecule has 0 amide bonds. The Bertz CT molecular complexity index is 305. The molecule has 0 aromatic rings. The summed E-state index contributed by atoms with van der Waals surface area (Å²) in [7, 11) is 0. The molecule has 0 aliphatic carbocycles. The predicted molar refractivity (Wildman–Crippen MR) is 57.6 cm³/mol. The number of carbonyl (C=O) groups excluding carboxylic acids is 2. The molecule has 2 fully saturated rings. The summed E-state index contributed by atoms with van der Waals surface area (Å²) in [4.78, 5) is 23.0. The predicted octanol–water partition coefficient (Wildman–Crippen LogP) is -3.26. The molecule has 0 radical (unpaired) electrons. The summed E-state index contributed by atoms with van der Waals surface area (Å²) in [5, 5.41) is 23.8. The number of carbonyl (C=O) groups is 2. The van der Waals surface area contributed by atoms with Crippen LogP contribution < -0.4 is 10.6 Å². The highest BCUT2D eigenvalue weighted by Crippen LogP contribution is 2.19. The van der Waals surface area contributed by atoms with Crippen LogP contribution in [0.2, 0.25) is 0 Å². The summed E-state index contributed by atoms with van der Waals surface area (Å²) in [5.74, 6) is -2.30. The van der Waals surface area contributed by atoms with E-state index < -0.39 is 23.1 Å². The highest BCUT2D eigenvalue weighted by molar-refractivity contribution is 6.30. The van der Waals surface area contributed by atoms with Crippen LogP contribution in [0.15, 0.2) is 0 Å². The van der Waals surface area contributed by atoms with Crippen molar-refractivity contribution < 1.29 is 29.3 Å². The Morgan fingerprint density at radius 2 is 1.22 bits per heavy atom. The van der Waals surface area contributed by atoms with E-state index in [0.29, 0.717) is 26.2 Å². The molecule has 8 nitrogen and oxygen atoms in total. The molecule has 0 aromatic heterocycles. The number of aliphatic hydroxyl groups is 2. The first-order chi connectivity index (χ1) is 8.55. The summed E-state index contributed by atoms with van der Waals surface area (Å²) in [6.07, 6.45) is 0. The lowest BCUT2D eigenvalue weighted by atomic mass is 9.98. The molecule has 8 heteroatoms. The largest absolute Gasteiger partial charge is 0.445 e. The molecule has 0 unspecified atom stereocenters. The number of esters is 2. The molecule has 102 valence electrons. The molecule has 0 spiro atoms. The fourth-order valence-corrected chi connectivity index (χ4v) is 1.72. The Labute approximate surface area is 103 Å². The normalized spacial score (nSPS) is 23.4. The number of hydrogen-bond acceptors (Lipinski definition) is 8. The van der Waals surface area contributed by atoms with E-state index >= 15 is 0 Å². The standard InChI is InChI=1S/C10H16N2O6/c13-5-9(1-11-2-9)17-7(15)8(16)18-10(6-14)3-12-4-10/h11-14H,1-6H2. The molecule has 0 saturated carbocycles. The van der Waals surface area contributed by atoms with Crippen molar-refractivity contribution in [2.75, 3.05) is 39.4 Å². The van der Waals surface area contributed by atoms with Crippen molar-refractivity contribution in [3.05, 3.63) is 0 Å². The first kappa shape index (κ1) is 13.2. The fourth-order valence-electron chi connectivity index (χ4n) is 1.72. The van der Waals surface area contributed by atoms with Crippen molar-refractivity contribution in [1.82, 2.24) is 10.6 Å². The van der Waals surface area contributed by atoms with Gasteiger partial charge < -0.3 is 30.3 Å². The number of ether oxygens (including phenoxy) is 2. The van der Waals surface area contributed by atoms with Crippen LogP contribution >= 0.6 is 0 Å². The maximum Gasteiger partial charge on any atom is 0.418 e. The quantitative estimate of drug-likeness (QED) is 0.307. The average Bonchev–Trinajstić information content (AvgIpc) is 2.28. The highest BCUT2D eigenvalue weighted by atomic mass is 16.6. The zero-order chi connectivity index (χ0) is 13.2. The van der Waals surface area contributed by atoms with Crippen molar-refractivity contribution >= 4 is 11.9 Å². The van der Waals surface area contributed by atoms with Gasteiger partial charge in [-0.1, -0.05) is 0 Å². The molecular formula is C10H16N2O6. The molecule has 0 bridgehead atoms. The van der Waals surface area contributed by atoms with Crippen molar-refractivity contribution in [3.8, 4) is 0 Å². The highest BCUT2D eigenvalue weighted by Gasteiger charge is 2.45. The van der Waals surface area contributed by atoms with E-state index in [1.165, 1.54) is 0 Å². The third-order valence-electron chi connectivity index (χ3n) is 3.15. The SMILES string of the molecule is O=C(OC1(CO)CNC1)C(=O)OC1(CO)CNC1. The Morgan fingerprint density at radius 1 is 0.889 bits per heavy atom. The molecule has 2 rings (SSSR count). The summed E-state index contributed by atoms with van der Waals surface area (Å²) in [6.45, 7) is 0.492. The van der Waals surface area contributed by atoms with Gasteiger partial charge in [0.2, 0.25) is 0 Å². The second-order valence-corrected chi connectivity index (χ2v) is 4.67. The van der Waals surface area contributed by atoms with Gasteiger partial charge in [-0.2, -0.15) is 0 Å². The Kier molecular flexibility index (Phi) is 3.53. The van der Waals surface area contributed by atoms with E-state index in [0.717, 1.165) is 0 Å². The third kappa shape index (κ3) is 2.32. The van der Waals surface area contributed by atoms with Crippen molar-refractivity contribution in [2.24, 2.45) is 0 Å². The van der Waals surface area contributed by atoms with E-state index in [1.54, 1.807) is 0 Å². The van der Waals surface area contributed by atoms with Gasteiger partial charge in [-0.15, -0.1) is 0 Å².